The summed E-state index contributed by atoms with van der Waals surface area (Å²) in [6, 6.07) is 10.8. The number of halogens is 1. The second kappa shape index (κ2) is 9.35. The molecule has 1 saturated heterocycles. The number of carbonyl (C=O) groups excluding carboxylic acids is 3. The van der Waals surface area contributed by atoms with E-state index in [0.717, 1.165) is 28.2 Å². The van der Waals surface area contributed by atoms with Crippen LogP contribution in [-0.4, -0.2) is 35.4 Å². The number of nitrogens with one attached hydrogen (secondary N) is 1. The Balaban J connectivity index is 1.55. The summed E-state index contributed by atoms with van der Waals surface area (Å²) < 4.78 is 20.5. The quantitative estimate of drug-likeness (QED) is 0.662. The Hall–Kier alpha value is -4.19. The number of ether oxygens (including phenoxy) is 1. The zero-order valence-corrected chi connectivity index (χ0v) is 18.8. The molecule has 2 aliphatic rings. The zero-order valence-electron chi connectivity index (χ0n) is 18.8. The molecule has 0 aromatic heterocycles. The van der Waals surface area contributed by atoms with Crippen LogP contribution in [0.5, 0.6) is 5.75 Å². The van der Waals surface area contributed by atoms with Gasteiger partial charge in [0.05, 0.1) is 11.3 Å². The molecule has 1 N–H and O–H groups in total. The molecule has 8 nitrogen and oxygen atoms in total. The molecular formula is C25H23FN4O4. The summed E-state index contributed by atoms with van der Waals surface area (Å²) in [6.07, 6.45) is 1.99. The molecule has 0 saturated carbocycles. The fourth-order valence-electron chi connectivity index (χ4n) is 3.95. The van der Waals surface area contributed by atoms with Crippen LogP contribution in [-0.2, 0) is 16.1 Å². The van der Waals surface area contributed by atoms with E-state index in [1.807, 2.05) is 37.3 Å². The molecule has 2 aromatic rings. The van der Waals surface area contributed by atoms with Gasteiger partial charge in [0, 0.05) is 19.2 Å². The summed E-state index contributed by atoms with van der Waals surface area (Å²) >= 11 is 0. The van der Waals surface area contributed by atoms with Crippen molar-refractivity contribution < 1.29 is 23.5 Å². The first-order valence-corrected chi connectivity index (χ1v) is 10.9. The lowest BCUT2D eigenvalue weighted by Gasteiger charge is -2.20. The lowest BCUT2D eigenvalue weighted by Crippen LogP contribution is -2.36. The Kier molecular flexibility index (Phi) is 6.32. The number of urea groups is 1. The zero-order chi connectivity index (χ0) is 24.4. The van der Waals surface area contributed by atoms with Crippen molar-refractivity contribution in [3.8, 4) is 11.8 Å². The molecule has 1 atom stereocenters. The van der Waals surface area contributed by atoms with Gasteiger partial charge in [-0.2, -0.15) is 5.26 Å². The second-order valence-corrected chi connectivity index (χ2v) is 8.18. The second-order valence-electron chi connectivity index (χ2n) is 8.18. The minimum atomic E-state index is -1.02. The first kappa shape index (κ1) is 23.0. The standard InChI is InChI=1S/C25H23FN4O4/c1-15-6-5-7-17(10-15)14-28-23(31)16(2)34-22-12-21(19(26)11-18(22)13-27)30-24(32)20-8-3-4-9-29(20)25(30)33/h5-8,10-12,16H,3-4,9,14H2,1-2H3,(H,28,31). The highest BCUT2D eigenvalue weighted by molar-refractivity contribution is 6.27. The summed E-state index contributed by atoms with van der Waals surface area (Å²) in [5.41, 5.74) is 1.71. The monoisotopic (exact) mass is 462 g/mol. The highest BCUT2D eigenvalue weighted by Crippen LogP contribution is 2.35. The summed E-state index contributed by atoms with van der Waals surface area (Å²) in [7, 11) is 0. The number of rotatable bonds is 6. The van der Waals surface area contributed by atoms with Crippen molar-refractivity contribution in [3.63, 3.8) is 0 Å². The molecule has 34 heavy (non-hydrogen) atoms. The number of amides is 4. The Labute approximate surface area is 196 Å². The van der Waals surface area contributed by atoms with Crippen LogP contribution in [0, 0.1) is 24.1 Å². The van der Waals surface area contributed by atoms with E-state index in [9.17, 15) is 24.0 Å². The van der Waals surface area contributed by atoms with Gasteiger partial charge in [0.15, 0.2) is 6.10 Å². The van der Waals surface area contributed by atoms with Gasteiger partial charge in [0.25, 0.3) is 11.8 Å². The fourth-order valence-corrected chi connectivity index (χ4v) is 3.95. The third-order valence-electron chi connectivity index (χ3n) is 5.69. The smallest absolute Gasteiger partial charge is 0.336 e. The minimum Gasteiger partial charge on any atom is -0.479 e. The number of hydrogen-bond acceptors (Lipinski definition) is 5. The van der Waals surface area contributed by atoms with Crippen LogP contribution in [0.25, 0.3) is 0 Å². The van der Waals surface area contributed by atoms with Crippen molar-refractivity contribution in [2.45, 2.75) is 39.3 Å². The Morgan fingerprint density at radius 1 is 1.29 bits per heavy atom. The summed E-state index contributed by atoms with van der Waals surface area (Å²) in [5, 5.41) is 12.2. The van der Waals surface area contributed by atoms with Crippen molar-refractivity contribution in [1.82, 2.24) is 10.2 Å². The maximum Gasteiger partial charge on any atom is 0.336 e. The number of anilines is 1. The number of imide groups is 1. The van der Waals surface area contributed by atoms with E-state index in [4.69, 9.17) is 4.74 Å². The van der Waals surface area contributed by atoms with E-state index in [0.29, 0.717) is 19.4 Å². The number of benzene rings is 2. The summed E-state index contributed by atoms with van der Waals surface area (Å²) in [5.74, 6) is -2.09. The van der Waals surface area contributed by atoms with Gasteiger partial charge in [-0.15, -0.1) is 0 Å². The van der Waals surface area contributed by atoms with Crippen LogP contribution >= 0.6 is 0 Å². The van der Waals surface area contributed by atoms with Gasteiger partial charge in [-0.1, -0.05) is 35.9 Å². The average molecular weight is 462 g/mol. The Morgan fingerprint density at radius 2 is 2.09 bits per heavy atom. The van der Waals surface area contributed by atoms with Crippen molar-refractivity contribution in [2.75, 3.05) is 11.4 Å². The van der Waals surface area contributed by atoms with E-state index in [2.05, 4.69) is 5.32 Å². The number of hydrogen-bond donors (Lipinski definition) is 1. The van der Waals surface area contributed by atoms with Gasteiger partial charge >= 0.3 is 6.03 Å². The number of aryl methyl sites for hydroxylation is 1. The van der Waals surface area contributed by atoms with E-state index in [-0.39, 0.29) is 29.2 Å². The van der Waals surface area contributed by atoms with Gasteiger partial charge in [-0.05, 0) is 38.3 Å². The molecule has 4 rings (SSSR count). The van der Waals surface area contributed by atoms with Crippen LogP contribution in [0.15, 0.2) is 48.2 Å². The molecule has 0 radical (unpaired) electrons. The number of allylic oxidation sites excluding steroid dienone is 1. The Morgan fingerprint density at radius 3 is 2.79 bits per heavy atom. The van der Waals surface area contributed by atoms with Crippen molar-refractivity contribution in [3.05, 3.63) is 70.7 Å². The molecule has 0 bridgehead atoms. The Bertz CT molecular complexity index is 1250. The normalized spacial score (nSPS) is 16.0. The molecule has 2 aromatic carbocycles. The van der Waals surface area contributed by atoms with E-state index < -0.39 is 29.8 Å². The maximum absolute atomic E-state index is 14.9. The summed E-state index contributed by atoms with van der Waals surface area (Å²) in [4.78, 5) is 40.2. The van der Waals surface area contributed by atoms with Gasteiger partial charge in [-0.3, -0.25) is 14.5 Å². The van der Waals surface area contributed by atoms with Crippen LogP contribution in [0.2, 0.25) is 0 Å². The first-order chi connectivity index (χ1) is 16.3. The van der Waals surface area contributed by atoms with Crippen molar-refractivity contribution in [2.24, 2.45) is 0 Å². The average Bonchev–Trinajstić information content (AvgIpc) is 3.08. The van der Waals surface area contributed by atoms with Crippen molar-refractivity contribution in [1.29, 1.82) is 5.26 Å². The minimum absolute atomic E-state index is 0.100. The molecule has 2 aliphatic heterocycles. The van der Waals surface area contributed by atoms with Gasteiger partial charge in [-0.25, -0.2) is 14.1 Å². The molecule has 0 spiro atoms. The molecule has 9 heteroatoms. The third-order valence-corrected chi connectivity index (χ3v) is 5.69. The number of carbonyl (C=O) groups is 3. The van der Waals surface area contributed by atoms with Crippen LogP contribution in [0.4, 0.5) is 14.9 Å². The lowest BCUT2D eigenvalue weighted by atomic mass is 10.1. The summed E-state index contributed by atoms with van der Waals surface area (Å²) in [6.45, 7) is 4.10. The predicted octanol–water partition coefficient (Wildman–Crippen LogP) is 3.54. The fraction of sp³-hybridized carbons (Fsp3) is 0.280. The molecular weight excluding hydrogens is 439 g/mol. The lowest BCUT2D eigenvalue weighted by molar-refractivity contribution is -0.127. The predicted molar refractivity (Wildman–Crippen MR) is 121 cm³/mol. The number of nitriles is 1. The topological polar surface area (TPSA) is 103 Å². The van der Waals surface area contributed by atoms with Gasteiger partial charge < -0.3 is 10.1 Å². The van der Waals surface area contributed by atoms with Gasteiger partial charge in [0.2, 0.25) is 0 Å². The van der Waals surface area contributed by atoms with Crippen molar-refractivity contribution >= 4 is 23.5 Å². The highest BCUT2D eigenvalue weighted by atomic mass is 19.1. The molecule has 0 aliphatic carbocycles. The largest absolute Gasteiger partial charge is 0.479 e. The molecule has 2 heterocycles. The van der Waals surface area contributed by atoms with Crippen LogP contribution < -0.4 is 15.0 Å². The highest BCUT2D eigenvalue weighted by Gasteiger charge is 2.44. The maximum atomic E-state index is 14.9. The molecule has 4 amide bonds. The SMILES string of the molecule is Cc1cccc(CNC(=O)C(C)Oc2cc(N3C(=O)C4=CCCCN4C3=O)c(F)cc2C#N)c1. The van der Waals surface area contributed by atoms with E-state index >= 15 is 0 Å². The third kappa shape index (κ3) is 4.35. The van der Waals surface area contributed by atoms with E-state index in [1.54, 1.807) is 6.08 Å². The van der Waals surface area contributed by atoms with Crippen LogP contribution in [0.1, 0.15) is 36.5 Å². The number of nitrogens with zero attached hydrogens (tertiary/aromatic N) is 3. The number of fused-ring (bicyclic) bond motifs is 1. The van der Waals surface area contributed by atoms with Gasteiger partial charge in [0.1, 0.15) is 23.3 Å². The molecule has 174 valence electrons. The molecule has 1 fully saturated rings. The first-order valence-electron chi connectivity index (χ1n) is 10.9. The molecule has 1 unspecified atom stereocenters. The van der Waals surface area contributed by atoms with E-state index in [1.165, 1.54) is 11.8 Å². The van der Waals surface area contributed by atoms with Crippen LogP contribution in [0.3, 0.4) is 0 Å².